The zero-order chi connectivity index (χ0) is 20.6. The molecule has 6 heteroatoms. The minimum Gasteiger partial charge on any atom is -0.399 e. The molecule has 146 valence electrons. The van der Waals surface area contributed by atoms with Crippen LogP contribution in [0.25, 0.3) is 17.0 Å². The number of benzene rings is 2. The van der Waals surface area contributed by atoms with E-state index in [1.165, 1.54) is 0 Å². The van der Waals surface area contributed by atoms with E-state index in [0.717, 1.165) is 26.4 Å². The molecule has 0 spiro atoms. The fourth-order valence-corrected chi connectivity index (χ4v) is 3.68. The van der Waals surface area contributed by atoms with E-state index in [2.05, 4.69) is 22.1 Å². The lowest BCUT2D eigenvalue weighted by atomic mass is 10.2. The van der Waals surface area contributed by atoms with Gasteiger partial charge in [-0.05, 0) is 48.6 Å². The molecule has 5 nitrogen and oxygen atoms in total. The van der Waals surface area contributed by atoms with Crippen LogP contribution < -0.4 is 11.1 Å². The van der Waals surface area contributed by atoms with Gasteiger partial charge in [0.15, 0.2) is 0 Å². The number of hydrogen-bond donors (Lipinski definition) is 3. The van der Waals surface area contributed by atoms with Gasteiger partial charge in [-0.2, -0.15) is 5.10 Å². The predicted octanol–water partition coefficient (Wildman–Crippen LogP) is 4.67. The highest BCUT2D eigenvalue weighted by Gasteiger charge is 2.11. The number of amides is 1. The molecule has 0 aliphatic rings. The largest absolute Gasteiger partial charge is 0.399 e. The number of nitrogens with zero attached hydrogens (tertiary/aromatic N) is 1. The van der Waals surface area contributed by atoms with E-state index in [1.807, 2.05) is 66.8 Å². The average Bonchev–Trinajstić information content (AvgIpc) is 3.14. The Morgan fingerprint density at radius 3 is 2.86 bits per heavy atom. The first-order chi connectivity index (χ1) is 14.1. The van der Waals surface area contributed by atoms with Crippen LogP contribution in [0.15, 0.2) is 94.9 Å². The summed E-state index contributed by atoms with van der Waals surface area (Å²) in [5.74, 6) is -0.100. The third-order valence-corrected chi connectivity index (χ3v) is 5.19. The van der Waals surface area contributed by atoms with E-state index in [-0.39, 0.29) is 5.91 Å². The summed E-state index contributed by atoms with van der Waals surface area (Å²) in [5.41, 5.74) is 8.96. The lowest BCUT2D eigenvalue weighted by Crippen LogP contribution is -2.18. The molecule has 1 aromatic heterocycles. The fourth-order valence-electron chi connectivity index (χ4n) is 2.69. The van der Waals surface area contributed by atoms with E-state index < -0.39 is 0 Å². The number of fused-ring (bicyclic) bond motifs is 1. The first-order valence-electron chi connectivity index (χ1n) is 9.02. The van der Waals surface area contributed by atoms with Crippen molar-refractivity contribution in [2.45, 2.75) is 9.79 Å². The zero-order valence-corrected chi connectivity index (χ0v) is 16.9. The Labute approximate surface area is 174 Å². The summed E-state index contributed by atoms with van der Waals surface area (Å²) < 4.78 is 0. The van der Waals surface area contributed by atoms with Crippen LogP contribution >= 0.6 is 11.8 Å². The van der Waals surface area contributed by atoms with Gasteiger partial charge in [-0.25, -0.2) is 0 Å². The van der Waals surface area contributed by atoms with Crippen molar-refractivity contribution in [3.8, 4) is 0 Å². The number of allylic oxidation sites excluding steroid dienone is 5. The maximum atomic E-state index is 12.1. The van der Waals surface area contributed by atoms with Crippen LogP contribution in [-0.4, -0.2) is 23.2 Å². The van der Waals surface area contributed by atoms with Crippen molar-refractivity contribution in [2.75, 3.05) is 7.05 Å². The van der Waals surface area contributed by atoms with Crippen molar-refractivity contribution in [1.29, 1.82) is 0 Å². The first kappa shape index (κ1) is 20.2. The molecule has 29 heavy (non-hydrogen) atoms. The number of nitrogens with two attached hydrogens (primary N) is 1. The van der Waals surface area contributed by atoms with Crippen molar-refractivity contribution in [2.24, 2.45) is 5.73 Å². The molecular weight excluding hydrogens is 380 g/mol. The molecular formula is C23H22N4OS. The molecule has 2 aromatic carbocycles. The van der Waals surface area contributed by atoms with Gasteiger partial charge in [0.05, 0.1) is 16.8 Å². The highest BCUT2D eigenvalue weighted by Crippen LogP contribution is 2.32. The lowest BCUT2D eigenvalue weighted by molar-refractivity contribution is 0.0960. The van der Waals surface area contributed by atoms with Gasteiger partial charge in [0.1, 0.15) is 0 Å². The fraction of sp³-hybridized carbons (Fsp3) is 0.0435. The van der Waals surface area contributed by atoms with E-state index >= 15 is 0 Å². The number of aromatic nitrogens is 2. The number of rotatable bonds is 7. The third-order valence-electron chi connectivity index (χ3n) is 4.12. The van der Waals surface area contributed by atoms with Crippen molar-refractivity contribution < 1.29 is 4.79 Å². The third kappa shape index (κ3) is 5.06. The highest BCUT2D eigenvalue weighted by molar-refractivity contribution is 7.99. The maximum Gasteiger partial charge on any atom is 0.252 e. The summed E-state index contributed by atoms with van der Waals surface area (Å²) in [6, 6.07) is 13.6. The number of H-pyrrole nitrogens is 1. The highest BCUT2D eigenvalue weighted by atomic mass is 32.2. The standard InChI is InChI=1S/C23H22N4OS/c1-3-4-5-8-16(24)11-14-20-18-13-12-17(15-21(18)27-26-20)29-22-10-7-6-9-19(22)23(28)25-2/h3-15H,1,24H2,2H3,(H,25,28)(H,26,27)/b5-4-,14-11+,16-8-. The molecule has 0 aliphatic heterocycles. The molecule has 4 N–H and O–H groups in total. The normalized spacial score (nSPS) is 12.1. The van der Waals surface area contributed by atoms with E-state index in [9.17, 15) is 4.79 Å². The molecule has 0 saturated heterocycles. The Kier molecular flexibility index (Phi) is 6.71. The van der Waals surface area contributed by atoms with Gasteiger partial charge in [-0.15, -0.1) is 0 Å². The molecule has 1 heterocycles. The van der Waals surface area contributed by atoms with Crippen LogP contribution in [-0.2, 0) is 0 Å². The predicted molar refractivity (Wildman–Crippen MR) is 121 cm³/mol. The van der Waals surface area contributed by atoms with Gasteiger partial charge in [-0.3, -0.25) is 9.89 Å². The molecule has 0 fully saturated rings. The summed E-state index contributed by atoms with van der Waals surface area (Å²) in [5, 5.41) is 11.1. The second-order valence-corrected chi connectivity index (χ2v) is 7.23. The molecule has 0 atom stereocenters. The van der Waals surface area contributed by atoms with Gasteiger partial charge in [0, 0.05) is 27.9 Å². The summed E-state index contributed by atoms with van der Waals surface area (Å²) >= 11 is 1.54. The lowest BCUT2D eigenvalue weighted by Gasteiger charge is -2.08. The summed E-state index contributed by atoms with van der Waals surface area (Å²) in [7, 11) is 1.63. The van der Waals surface area contributed by atoms with Crippen molar-refractivity contribution >= 4 is 34.6 Å². The first-order valence-corrected chi connectivity index (χ1v) is 9.84. The average molecular weight is 403 g/mol. The second-order valence-electron chi connectivity index (χ2n) is 6.11. The number of carbonyl (C=O) groups is 1. The molecule has 0 saturated carbocycles. The maximum absolute atomic E-state index is 12.1. The Morgan fingerprint density at radius 2 is 2.07 bits per heavy atom. The Bertz CT molecular complexity index is 1120. The smallest absolute Gasteiger partial charge is 0.252 e. The van der Waals surface area contributed by atoms with Crippen molar-refractivity contribution in [1.82, 2.24) is 15.5 Å². The Morgan fingerprint density at radius 1 is 1.24 bits per heavy atom. The number of aromatic amines is 1. The SMILES string of the molecule is C=C\C=C/C=C(N)/C=C/c1n[nH]c2cc(Sc3ccccc3C(=O)NC)ccc12. The van der Waals surface area contributed by atoms with Crippen LogP contribution in [0.3, 0.4) is 0 Å². The molecule has 0 unspecified atom stereocenters. The monoisotopic (exact) mass is 402 g/mol. The Balaban J connectivity index is 1.83. The number of carbonyl (C=O) groups excluding carboxylic acids is 1. The Hall–Kier alpha value is -3.51. The zero-order valence-electron chi connectivity index (χ0n) is 16.1. The van der Waals surface area contributed by atoms with Crippen molar-refractivity contribution in [3.05, 3.63) is 96.4 Å². The van der Waals surface area contributed by atoms with E-state index in [0.29, 0.717) is 11.3 Å². The summed E-state index contributed by atoms with van der Waals surface area (Å²) in [4.78, 5) is 14.0. The van der Waals surface area contributed by atoms with Crippen LogP contribution in [0, 0.1) is 0 Å². The minimum absolute atomic E-state index is 0.100. The summed E-state index contributed by atoms with van der Waals surface area (Å²) in [6.07, 6.45) is 10.8. The topological polar surface area (TPSA) is 83.8 Å². The number of nitrogens with one attached hydrogen (secondary N) is 2. The van der Waals surface area contributed by atoms with Crippen LogP contribution in [0.1, 0.15) is 16.1 Å². The van der Waals surface area contributed by atoms with Crippen LogP contribution in [0.4, 0.5) is 0 Å². The van der Waals surface area contributed by atoms with Crippen molar-refractivity contribution in [3.63, 3.8) is 0 Å². The van der Waals surface area contributed by atoms with E-state index in [4.69, 9.17) is 5.73 Å². The number of hydrogen-bond acceptors (Lipinski definition) is 4. The van der Waals surface area contributed by atoms with Gasteiger partial charge in [-0.1, -0.05) is 48.7 Å². The second kappa shape index (κ2) is 9.61. The summed E-state index contributed by atoms with van der Waals surface area (Å²) in [6.45, 7) is 3.62. The van der Waals surface area contributed by atoms with Crippen LogP contribution in [0.5, 0.6) is 0 Å². The van der Waals surface area contributed by atoms with Gasteiger partial charge < -0.3 is 11.1 Å². The molecule has 0 aliphatic carbocycles. The quantitative estimate of drug-likeness (QED) is 0.501. The van der Waals surface area contributed by atoms with Gasteiger partial charge in [0.25, 0.3) is 5.91 Å². The molecule has 0 radical (unpaired) electrons. The molecule has 1 amide bonds. The molecule has 0 bridgehead atoms. The van der Waals surface area contributed by atoms with Gasteiger partial charge in [0.2, 0.25) is 0 Å². The van der Waals surface area contributed by atoms with E-state index in [1.54, 1.807) is 31.0 Å². The molecule has 3 aromatic rings. The minimum atomic E-state index is -0.100. The molecule has 3 rings (SSSR count). The van der Waals surface area contributed by atoms with Crippen LogP contribution in [0.2, 0.25) is 0 Å². The van der Waals surface area contributed by atoms with Gasteiger partial charge >= 0.3 is 0 Å².